The van der Waals surface area contributed by atoms with Gasteiger partial charge in [-0.15, -0.1) is 0 Å². The fourth-order valence-corrected chi connectivity index (χ4v) is 10.00. The lowest BCUT2D eigenvalue weighted by molar-refractivity contribution is -0.359. The summed E-state index contributed by atoms with van der Waals surface area (Å²) in [5.41, 5.74) is 0. The molecule has 0 bridgehead atoms. The van der Waals surface area contributed by atoms with Crippen LogP contribution in [0, 0.1) is 0 Å². The summed E-state index contributed by atoms with van der Waals surface area (Å²) < 4.78 is 22.8. The number of aliphatic hydroxyl groups is 8. The average Bonchev–Trinajstić information content (AvgIpc) is 2.74. The highest BCUT2D eigenvalue weighted by Gasteiger charge is 2.51. The van der Waals surface area contributed by atoms with Gasteiger partial charge in [0.1, 0.15) is 48.8 Å². The van der Waals surface area contributed by atoms with Crippen LogP contribution in [0.5, 0.6) is 0 Å². The van der Waals surface area contributed by atoms with Crippen LogP contribution in [0.25, 0.3) is 0 Å². The molecule has 0 aliphatic carbocycles. The zero-order chi connectivity index (χ0) is 64.5. The van der Waals surface area contributed by atoms with Crippen LogP contribution in [0.2, 0.25) is 0 Å². The molecule has 1 amide bonds. The van der Waals surface area contributed by atoms with E-state index in [0.29, 0.717) is 12.8 Å². The molecule has 0 radical (unpaired) electrons. The van der Waals surface area contributed by atoms with Crippen molar-refractivity contribution in [1.29, 1.82) is 0 Å². The van der Waals surface area contributed by atoms with Crippen molar-refractivity contribution >= 4 is 5.91 Å². The van der Waals surface area contributed by atoms with E-state index >= 15 is 0 Å². The van der Waals surface area contributed by atoms with Crippen molar-refractivity contribution in [2.45, 2.75) is 286 Å². The van der Waals surface area contributed by atoms with E-state index in [1.807, 2.05) is 6.08 Å². The summed E-state index contributed by atoms with van der Waals surface area (Å²) >= 11 is 0. The van der Waals surface area contributed by atoms with Gasteiger partial charge >= 0.3 is 0 Å². The first-order chi connectivity index (χ1) is 43.6. The molecule has 2 aliphatic rings. The third kappa shape index (κ3) is 41.7. The summed E-state index contributed by atoms with van der Waals surface area (Å²) in [5.74, 6) is -0.266. The Balaban J connectivity index is 1.62. The summed E-state index contributed by atoms with van der Waals surface area (Å²) in [6.45, 7) is 2.61. The van der Waals surface area contributed by atoms with Crippen molar-refractivity contribution < 1.29 is 64.6 Å². The van der Waals surface area contributed by atoms with Gasteiger partial charge < -0.3 is 65.1 Å². The fraction of sp³-hybridized carbons (Fsp3) is 0.640. The van der Waals surface area contributed by atoms with Gasteiger partial charge in [-0.05, 0) is 122 Å². The molecule has 2 aliphatic heterocycles. The molecule has 14 nitrogen and oxygen atoms in total. The molecular weight excluding hydrogens is 1120 g/mol. The van der Waals surface area contributed by atoms with E-state index in [2.05, 4.69) is 165 Å². The summed E-state index contributed by atoms with van der Waals surface area (Å²) in [6, 6.07) is -0.951. The zero-order valence-corrected chi connectivity index (χ0v) is 54.6. The number of ether oxygens (including phenoxy) is 4. The van der Waals surface area contributed by atoms with Crippen molar-refractivity contribution in [3.8, 4) is 0 Å². The summed E-state index contributed by atoms with van der Waals surface area (Å²) in [6.07, 6.45) is 71.6. The van der Waals surface area contributed by atoms with Crippen molar-refractivity contribution in [3.63, 3.8) is 0 Å². The molecule has 89 heavy (non-hydrogen) atoms. The fourth-order valence-electron chi connectivity index (χ4n) is 10.00. The van der Waals surface area contributed by atoms with Gasteiger partial charge in [-0.3, -0.25) is 4.79 Å². The van der Waals surface area contributed by atoms with Gasteiger partial charge in [-0.1, -0.05) is 242 Å². The number of hydrogen-bond donors (Lipinski definition) is 9. The number of aliphatic hydroxyl groups excluding tert-OH is 8. The number of unbranched alkanes of at least 4 members (excludes halogenated alkanes) is 16. The predicted octanol–water partition coefficient (Wildman–Crippen LogP) is 13.8. The molecule has 12 atom stereocenters. The second kappa shape index (κ2) is 57.5. The highest BCUT2D eigenvalue weighted by atomic mass is 16.7. The monoisotopic (exact) mass is 1240 g/mol. The quantitative estimate of drug-likeness (QED) is 0.0204. The van der Waals surface area contributed by atoms with Crippen molar-refractivity contribution in [3.05, 3.63) is 158 Å². The Hall–Kier alpha value is -4.39. The molecule has 0 spiro atoms. The van der Waals surface area contributed by atoms with Gasteiger partial charge in [0.25, 0.3) is 0 Å². The Morgan fingerprint density at radius 3 is 1.24 bits per heavy atom. The van der Waals surface area contributed by atoms with Crippen LogP contribution in [-0.2, 0) is 23.7 Å². The largest absolute Gasteiger partial charge is 0.394 e. The van der Waals surface area contributed by atoms with Gasteiger partial charge in [-0.2, -0.15) is 0 Å². The van der Waals surface area contributed by atoms with Crippen LogP contribution in [-0.4, -0.2) is 140 Å². The van der Waals surface area contributed by atoms with Crippen LogP contribution >= 0.6 is 0 Å². The summed E-state index contributed by atoms with van der Waals surface area (Å²) in [5, 5.41) is 87.1. The standard InChI is InChI=1S/C75H121NO13/c1-3-5-7-9-11-13-15-17-19-20-21-22-23-24-25-26-27-28-29-30-31-32-33-34-35-36-37-38-39-40-41-42-43-44-45-47-49-51-53-55-57-59-67(80)76-63(64(79)58-56-54-52-50-48-46-18-16-14-12-10-8-6-4-2)62-86-74-72(85)70(83)73(66(61-78)88-74)89-75-71(84)69(82)68(81)65(60-77)87-75/h5,7,11,13-14,16-17,19,21-22,24-25,27-28,30-31,33-34,36-37,39-40,48,50,56,58,63-66,68-75,77-79,81-85H,3-4,6,8-10,12,15,18,20,23,26,29,32,35,38,41-47,49,51-55,57,59-62H2,1-2H3,(H,76,80)/b7-5-,13-11-,16-14+,19-17-,22-21-,25-24-,28-27-,31-30-,34-33-,37-36-,40-39-,50-48+,58-56+. The molecule has 2 rings (SSSR count). The highest BCUT2D eigenvalue weighted by molar-refractivity contribution is 5.76. The minimum Gasteiger partial charge on any atom is -0.394 e. The smallest absolute Gasteiger partial charge is 0.220 e. The molecule has 2 fully saturated rings. The number of amides is 1. The van der Waals surface area contributed by atoms with Crippen LogP contribution in [0.3, 0.4) is 0 Å². The summed E-state index contributed by atoms with van der Waals surface area (Å²) in [7, 11) is 0. The Morgan fingerprint density at radius 1 is 0.416 bits per heavy atom. The first-order valence-corrected chi connectivity index (χ1v) is 34.2. The van der Waals surface area contributed by atoms with Gasteiger partial charge in [0.05, 0.1) is 32.0 Å². The van der Waals surface area contributed by atoms with Gasteiger partial charge in [-0.25, -0.2) is 0 Å². The van der Waals surface area contributed by atoms with Crippen LogP contribution < -0.4 is 5.32 Å². The topological polar surface area (TPSA) is 228 Å². The van der Waals surface area contributed by atoms with Crippen molar-refractivity contribution in [2.24, 2.45) is 0 Å². The molecule has 12 unspecified atom stereocenters. The zero-order valence-electron chi connectivity index (χ0n) is 54.6. The Labute approximate surface area is 537 Å². The van der Waals surface area contributed by atoms with Gasteiger partial charge in [0.15, 0.2) is 12.6 Å². The predicted molar refractivity (Wildman–Crippen MR) is 364 cm³/mol. The van der Waals surface area contributed by atoms with E-state index < -0.39 is 86.8 Å². The lowest BCUT2D eigenvalue weighted by Crippen LogP contribution is -2.65. The van der Waals surface area contributed by atoms with Gasteiger partial charge in [0.2, 0.25) is 5.91 Å². The first kappa shape index (κ1) is 80.7. The molecule has 0 aromatic carbocycles. The number of carbonyl (C=O) groups is 1. The molecule has 0 aromatic heterocycles. The maximum absolute atomic E-state index is 13.3. The second-order valence-electron chi connectivity index (χ2n) is 23.2. The van der Waals surface area contributed by atoms with E-state index in [1.165, 1.54) is 64.2 Å². The maximum Gasteiger partial charge on any atom is 0.220 e. The lowest BCUT2D eigenvalue weighted by Gasteiger charge is -2.46. The molecule has 2 saturated heterocycles. The van der Waals surface area contributed by atoms with Crippen molar-refractivity contribution in [2.75, 3.05) is 19.8 Å². The number of carbonyl (C=O) groups excluding carboxylic acids is 1. The number of rotatable bonds is 53. The van der Waals surface area contributed by atoms with Crippen LogP contribution in [0.15, 0.2) is 158 Å². The molecule has 2 heterocycles. The molecule has 504 valence electrons. The van der Waals surface area contributed by atoms with E-state index in [1.54, 1.807) is 6.08 Å². The Bertz CT molecular complexity index is 2100. The van der Waals surface area contributed by atoms with E-state index in [4.69, 9.17) is 18.9 Å². The molecular formula is C75H121NO13. The van der Waals surface area contributed by atoms with E-state index in [-0.39, 0.29) is 18.9 Å². The second-order valence-corrected chi connectivity index (χ2v) is 23.2. The van der Waals surface area contributed by atoms with Crippen LogP contribution in [0.1, 0.15) is 213 Å². The molecule has 0 aromatic rings. The summed E-state index contributed by atoms with van der Waals surface area (Å²) in [4.78, 5) is 13.3. The van der Waals surface area contributed by atoms with Gasteiger partial charge in [0, 0.05) is 6.42 Å². The minimum atomic E-state index is -1.80. The maximum atomic E-state index is 13.3. The SMILES string of the molecule is CC/C=C\C/C=C\C/C=C\C/C=C\C/C=C\C/C=C\C/C=C\C/C=C\C/C=C\C/C=C\CCCCCCCCCCCCC(=O)NC(COC1OC(CO)C(OC2OC(CO)C(O)C(O)C2O)C(O)C1O)C(O)/C=C/CC/C=C/CC/C=C/CCCCCC. The highest BCUT2D eigenvalue weighted by Crippen LogP contribution is 2.30. The molecule has 0 saturated carbocycles. The number of nitrogens with one attached hydrogen (secondary N) is 1. The third-order valence-electron chi connectivity index (χ3n) is 15.4. The number of allylic oxidation sites excluding steroid dienone is 25. The normalized spacial score (nSPS) is 24.1. The Kier molecular flexibility index (Phi) is 52.1. The van der Waals surface area contributed by atoms with Crippen LogP contribution in [0.4, 0.5) is 0 Å². The molecule has 14 heteroatoms. The third-order valence-corrected chi connectivity index (χ3v) is 15.4. The van der Waals surface area contributed by atoms with Crippen molar-refractivity contribution in [1.82, 2.24) is 5.32 Å². The van der Waals surface area contributed by atoms with E-state index in [0.717, 1.165) is 116 Å². The lowest BCUT2D eigenvalue weighted by atomic mass is 9.97. The van der Waals surface area contributed by atoms with E-state index in [9.17, 15) is 45.6 Å². The minimum absolute atomic E-state index is 0.254. The first-order valence-electron chi connectivity index (χ1n) is 34.2. The number of hydrogen-bond acceptors (Lipinski definition) is 13. The Morgan fingerprint density at radius 2 is 0.787 bits per heavy atom. The molecule has 9 N–H and O–H groups in total. The average molecular weight is 1240 g/mol.